The molecule has 0 radical (unpaired) electrons. The summed E-state index contributed by atoms with van der Waals surface area (Å²) in [5.74, 6) is -0.441. The topological polar surface area (TPSA) is 77.4 Å². The van der Waals surface area contributed by atoms with Crippen LogP contribution in [0.15, 0.2) is 59.6 Å². The lowest BCUT2D eigenvalue weighted by molar-refractivity contribution is 0.0600. The quantitative estimate of drug-likeness (QED) is 0.601. The van der Waals surface area contributed by atoms with Gasteiger partial charge < -0.3 is 10.1 Å². The SMILES string of the molecule is CNC1CCc2c1cn(S(=O)(=O)c1cccc(Cl)c1)c2-c1ccc(C(=O)OC)cc1. The summed E-state index contributed by atoms with van der Waals surface area (Å²) >= 11 is 6.05. The number of methoxy groups -OCH3 is 1. The van der Waals surface area contributed by atoms with Gasteiger partial charge in [-0.1, -0.05) is 29.8 Å². The summed E-state index contributed by atoms with van der Waals surface area (Å²) in [5, 5.41) is 3.61. The van der Waals surface area contributed by atoms with E-state index in [1.165, 1.54) is 23.2 Å². The van der Waals surface area contributed by atoms with Crippen molar-refractivity contribution in [3.8, 4) is 11.3 Å². The number of carbonyl (C=O) groups is 1. The molecule has 1 aliphatic rings. The molecule has 1 atom stereocenters. The monoisotopic (exact) mass is 444 g/mol. The van der Waals surface area contributed by atoms with Crippen LogP contribution in [0.2, 0.25) is 5.02 Å². The molecule has 4 rings (SSSR count). The first kappa shape index (κ1) is 20.7. The molecule has 1 aromatic heterocycles. The third-order valence-corrected chi connectivity index (χ3v) is 7.34. The maximum atomic E-state index is 13.5. The van der Waals surface area contributed by atoms with Crippen LogP contribution < -0.4 is 5.32 Å². The van der Waals surface area contributed by atoms with Crippen LogP contribution in [0, 0.1) is 0 Å². The normalized spacial score (nSPS) is 15.8. The van der Waals surface area contributed by atoms with Gasteiger partial charge in [0, 0.05) is 17.3 Å². The van der Waals surface area contributed by atoms with Gasteiger partial charge in [0.2, 0.25) is 0 Å². The number of ether oxygens (including phenoxy) is 1. The molecule has 1 unspecified atom stereocenters. The Morgan fingerprint density at radius 3 is 2.57 bits per heavy atom. The van der Waals surface area contributed by atoms with Gasteiger partial charge in [-0.3, -0.25) is 0 Å². The van der Waals surface area contributed by atoms with Crippen molar-refractivity contribution in [2.75, 3.05) is 14.2 Å². The van der Waals surface area contributed by atoms with E-state index in [1.54, 1.807) is 42.6 Å². The second-order valence-corrected chi connectivity index (χ2v) is 9.37. The number of hydrogen-bond donors (Lipinski definition) is 1. The molecule has 0 saturated carbocycles. The molecule has 6 nitrogen and oxygen atoms in total. The van der Waals surface area contributed by atoms with Crippen molar-refractivity contribution < 1.29 is 17.9 Å². The van der Waals surface area contributed by atoms with E-state index < -0.39 is 16.0 Å². The first-order valence-corrected chi connectivity index (χ1v) is 11.3. The van der Waals surface area contributed by atoms with Crippen LogP contribution in [0.1, 0.15) is 33.9 Å². The average Bonchev–Trinajstić information content (AvgIpc) is 3.32. The Morgan fingerprint density at radius 2 is 1.93 bits per heavy atom. The lowest BCUT2D eigenvalue weighted by Gasteiger charge is -2.14. The third-order valence-electron chi connectivity index (χ3n) is 5.45. The fraction of sp³-hybridized carbons (Fsp3) is 0.227. The standard InChI is InChI=1S/C22H21ClN2O4S/c1-24-20-11-10-18-19(20)13-25(30(27,28)17-5-3-4-16(23)12-17)21(18)14-6-8-15(9-7-14)22(26)29-2/h3-9,12-13,20,24H,10-11H2,1-2H3. The molecular formula is C22H21ClN2O4S. The first-order chi connectivity index (χ1) is 14.4. The van der Waals surface area contributed by atoms with Crippen molar-refractivity contribution in [2.45, 2.75) is 23.8 Å². The van der Waals surface area contributed by atoms with Gasteiger partial charge in [0.05, 0.1) is 23.3 Å². The molecular weight excluding hydrogens is 424 g/mol. The van der Waals surface area contributed by atoms with Gasteiger partial charge in [-0.05, 0) is 66.9 Å². The van der Waals surface area contributed by atoms with Gasteiger partial charge in [0.1, 0.15) is 0 Å². The van der Waals surface area contributed by atoms with E-state index in [4.69, 9.17) is 16.3 Å². The Morgan fingerprint density at radius 1 is 1.20 bits per heavy atom. The number of carbonyl (C=O) groups excluding carboxylic acids is 1. The molecule has 1 N–H and O–H groups in total. The van der Waals surface area contributed by atoms with Crippen LogP contribution in [0.4, 0.5) is 0 Å². The van der Waals surface area contributed by atoms with E-state index in [-0.39, 0.29) is 10.9 Å². The molecule has 0 fully saturated rings. The van der Waals surface area contributed by atoms with Gasteiger partial charge in [0.15, 0.2) is 0 Å². The van der Waals surface area contributed by atoms with Crippen molar-refractivity contribution in [1.82, 2.24) is 9.29 Å². The van der Waals surface area contributed by atoms with Gasteiger partial charge in [-0.2, -0.15) is 0 Å². The zero-order chi connectivity index (χ0) is 21.5. The zero-order valence-corrected chi connectivity index (χ0v) is 18.1. The number of hydrogen-bond acceptors (Lipinski definition) is 5. The maximum Gasteiger partial charge on any atom is 0.337 e. The smallest absolute Gasteiger partial charge is 0.337 e. The number of nitrogens with zero attached hydrogens (tertiary/aromatic N) is 1. The van der Waals surface area contributed by atoms with Crippen LogP contribution in [0.3, 0.4) is 0 Å². The summed E-state index contributed by atoms with van der Waals surface area (Å²) < 4.78 is 33.1. The highest BCUT2D eigenvalue weighted by molar-refractivity contribution is 7.90. The molecule has 156 valence electrons. The number of fused-ring (bicyclic) bond motifs is 1. The van der Waals surface area contributed by atoms with Crippen molar-refractivity contribution in [2.24, 2.45) is 0 Å². The number of aromatic nitrogens is 1. The third kappa shape index (κ3) is 3.43. The predicted octanol–water partition coefficient (Wildman–Crippen LogP) is 4.04. The van der Waals surface area contributed by atoms with E-state index in [0.29, 0.717) is 21.8 Å². The Bertz CT molecular complexity index is 1220. The number of rotatable bonds is 5. The molecule has 0 saturated heterocycles. The van der Waals surface area contributed by atoms with E-state index in [9.17, 15) is 13.2 Å². The van der Waals surface area contributed by atoms with Crippen molar-refractivity contribution in [1.29, 1.82) is 0 Å². The minimum Gasteiger partial charge on any atom is -0.465 e. The summed E-state index contributed by atoms with van der Waals surface area (Å²) in [4.78, 5) is 11.9. The number of esters is 1. The van der Waals surface area contributed by atoms with Crippen LogP contribution in [-0.4, -0.2) is 32.5 Å². The van der Waals surface area contributed by atoms with Crippen molar-refractivity contribution in [3.05, 3.63) is 76.4 Å². The minimum absolute atomic E-state index is 0.0869. The lowest BCUT2D eigenvalue weighted by Crippen LogP contribution is -2.16. The van der Waals surface area contributed by atoms with E-state index in [2.05, 4.69) is 5.32 Å². The number of benzene rings is 2. The Labute approximate surface area is 180 Å². The Balaban J connectivity index is 1.91. The van der Waals surface area contributed by atoms with Gasteiger partial charge >= 0.3 is 5.97 Å². The molecule has 0 aliphatic heterocycles. The summed E-state index contributed by atoms with van der Waals surface area (Å²) in [6.07, 6.45) is 3.35. The molecule has 0 amide bonds. The summed E-state index contributed by atoms with van der Waals surface area (Å²) in [7, 11) is -0.676. The van der Waals surface area contributed by atoms with E-state index >= 15 is 0 Å². The number of halogens is 1. The molecule has 0 spiro atoms. The largest absolute Gasteiger partial charge is 0.465 e. The van der Waals surface area contributed by atoms with E-state index in [1.807, 2.05) is 7.05 Å². The zero-order valence-electron chi connectivity index (χ0n) is 16.6. The highest BCUT2D eigenvalue weighted by atomic mass is 35.5. The predicted molar refractivity (Wildman–Crippen MR) is 115 cm³/mol. The molecule has 1 aliphatic carbocycles. The number of nitrogens with one attached hydrogen (secondary N) is 1. The molecule has 30 heavy (non-hydrogen) atoms. The van der Waals surface area contributed by atoms with Gasteiger partial charge in [-0.15, -0.1) is 0 Å². The minimum atomic E-state index is -3.87. The fourth-order valence-corrected chi connectivity index (χ4v) is 5.68. The molecule has 8 heteroatoms. The Hall–Kier alpha value is -2.61. The summed E-state index contributed by atoms with van der Waals surface area (Å²) in [6.45, 7) is 0. The molecule has 1 heterocycles. The Kier molecular flexibility index (Phi) is 5.44. The highest BCUT2D eigenvalue weighted by Gasteiger charge is 2.32. The maximum absolute atomic E-state index is 13.5. The first-order valence-electron chi connectivity index (χ1n) is 9.48. The van der Waals surface area contributed by atoms with Crippen LogP contribution in [0.25, 0.3) is 11.3 Å². The fourth-order valence-electron chi connectivity index (χ4n) is 3.96. The van der Waals surface area contributed by atoms with Gasteiger partial charge in [0.25, 0.3) is 10.0 Å². The second kappa shape index (κ2) is 7.91. The van der Waals surface area contributed by atoms with Crippen LogP contribution in [-0.2, 0) is 21.2 Å². The summed E-state index contributed by atoms with van der Waals surface area (Å²) in [6, 6.07) is 13.1. The molecule has 3 aromatic rings. The summed E-state index contributed by atoms with van der Waals surface area (Å²) in [5.41, 5.74) is 3.69. The second-order valence-electron chi connectivity index (χ2n) is 7.12. The average molecular weight is 445 g/mol. The molecule has 2 aromatic carbocycles. The van der Waals surface area contributed by atoms with Crippen molar-refractivity contribution >= 4 is 27.6 Å². The van der Waals surface area contributed by atoms with Crippen molar-refractivity contribution in [3.63, 3.8) is 0 Å². The lowest BCUT2D eigenvalue weighted by atomic mass is 10.0. The van der Waals surface area contributed by atoms with Crippen LogP contribution >= 0.6 is 11.6 Å². The van der Waals surface area contributed by atoms with Gasteiger partial charge in [-0.25, -0.2) is 17.2 Å². The molecule has 0 bridgehead atoms. The highest BCUT2D eigenvalue weighted by Crippen LogP contribution is 2.41. The van der Waals surface area contributed by atoms with Crippen LogP contribution in [0.5, 0.6) is 0 Å². The van der Waals surface area contributed by atoms with E-state index in [0.717, 1.165) is 24.0 Å².